The van der Waals surface area contributed by atoms with E-state index in [0.717, 1.165) is 6.54 Å². The zero-order valence-electron chi connectivity index (χ0n) is 6.04. The lowest BCUT2D eigenvalue weighted by atomic mass is 10.0. The summed E-state index contributed by atoms with van der Waals surface area (Å²) in [4.78, 5) is 4.05. The average Bonchev–Trinajstić information content (AvgIpc) is 2.12. The Labute approximate surface area is 60.1 Å². The predicted octanol–water partition coefficient (Wildman–Crippen LogP) is 0.454. The van der Waals surface area contributed by atoms with Gasteiger partial charge in [-0.1, -0.05) is 0 Å². The van der Waals surface area contributed by atoms with Gasteiger partial charge in [0.25, 0.3) is 0 Å². The molecule has 0 spiro atoms. The van der Waals surface area contributed by atoms with E-state index in [1.807, 2.05) is 19.6 Å². The molecule has 1 atom stereocenters. The van der Waals surface area contributed by atoms with Crippen molar-refractivity contribution in [2.45, 2.75) is 12.5 Å². The fraction of sp³-hybridized carbons (Fsp3) is 0.571. The molecule has 54 valence electrons. The Morgan fingerprint density at radius 1 is 1.80 bits per heavy atom. The van der Waals surface area contributed by atoms with Crippen molar-refractivity contribution in [2.75, 3.05) is 6.54 Å². The quantitative estimate of drug-likeness (QED) is 0.609. The van der Waals surface area contributed by atoms with Crippen molar-refractivity contribution in [3.63, 3.8) is 0 Å². The molecule has 1 unspecified atom stereocenters. The van der Waals surface area contributed by atoms with Crippen LogP contribution in [-0.4, -0.2) is 16.1 Å². The number of imidazole rings is 1. The number of hydrogen-bond acceptors (Lipinski definition) is 2. The highest BCUT2D eigenvalue weighted by Crippen LogP contribution is 2.20. The molecule has 1 aromatic heterocycles. The monoisotopic (exact) mass is 137 g/mol. The molecule has 3 nitrogen and oxygen atoms in total. The predicted molar refractivity (Wildman–Crippen MR) is 38.6 cm³/mol. The van der Waals surface area contributed by atoms with Crippen LogP contribution in [0.1, 0.15) is 18.2 Å². The van der Waals surface area contributed by atoms with Crippen molar-refractivity contribution in [2.24, 2.45) is 7.05 Å². The molecule has 0 bridgehead atoms. The van der Waals surface area contributed by atoms with Gasteiger partial charge in [-0.25, -0.2) is 4.98 Å². The maximum Gasteiger partial charge on any atom is 0.0946 e. The first-order valence-corrected chi connectivity index (χ1v) is 3.57. The Morgan fingerprint density at radius 2 is 2.60 bits per heavy atom. The van der Waals surface area contributed by atoms with E-state index in [1.165, 1.54) is 12.1 Å². The lowest BCUT2D eigenvalue weighted by molar-refractivity contribution is 0.367. The molecule has 1 saturated heterocycles. The van der Waals surface area contributed by atoms with Crippen molar-refractivity contribution in [3.8, 4) is 0 Å². The third-order valence-corrected chi connectivity index (χ3v) is 2.03. The van der Waals surface area contributed by atoms with Crippen LogP contribution in [0, 0.1) is 0 Å². The molecular formula is C7H11N3. The summed E-state index contributed by atoms with van der Waals surface area (Å²) in [5.74, 6) is 0. The van der Waals surface area contributed by atoms with Gasteiger partial charge in [0.2, 0.25) is 0 Å². The molecule has 1 aliphatic rings. The zero-order valence-corrected chi connectivity index (χ0v) is 6.04. The number of rotatable bonds is 1. The Balaban J connectivity index is 2.23. The Morgan fingerprint density at radius 3 is 3.00 bits per heavy atom. The van der Waals surface area contributed by atoms with E-state index >= 15 is 0 Å². The van der Waals surface area contributed by atoms with Crippen LogP contribution in [0.25, 0.3) is 0 Å². The smallest absolute Gasteiger partial charge is 0.0946 e. The fourth-order valence-electron chi connectivity index (χ4n) is 1.24. The number of aryl methyl sites for hydroxylation is 1. The number of aromatic nitrogens is 2. The summed E-state index contributed by atoms with van der Waals surface area (Å²) in [6, 6.07) is 0.562. The van der Waals surface area contributed by atoms with Gasteiger partial charge in [0.1, 0.15) is 0 Å². The SMILES string of the molecule is Cn1cncc1C1CCN1. The molecule has 0 aliphatic carbocycles. The summed E-state index contributed by atoms with van der Waals surface area (Å²) >= 11 is 0. The van der Waals surface area contributed by atoms with Gasteiger partial charge in [0.05, 0.1) is 18.1 Å². The van der Waals surface area contributed by atoms with E-state index in [2.05, 4.69) is 14.9 Å². The van der Waals surface area contributed by atoms with Crippen molar-refractivity contribution < 1.29 is 0 Å². The van der Waals surface area contributed by atoms with E-state index < -0.39 is 0 Å². The van der Waals surface area contributed by atoms with Gasteiger partial charge >= 0.3 is 0 Å². The third kappa shape index (κ3) is 0.743. The van der Waals surface area contributed by atoms with Crippen LogP contribution < -0.4 is 5.32 Å². The van der Waals surface area contributed by atoms with Crippen molar-refractivity contribution in [3.05, 3.63) is 18.2 Å². The van der Waals surface area contributed by atoms with Crippen LogP contribution in [0.5, 0.6) is 0 Å². The summed E-state index contributed by atoms with van der Waals surface area (Å²) < 4.78 is 2.07. The average molecular weight is 137 g/mol. The highest BCUT2D eigenvalue weighted by Gasteiger charge is 2.20. The maximum absolute atomic E-state index is 4.05. The Hall–Kier alpha value is -0.830. The largest absolute Gasteiger partial charge is 0.336 e. The molecular weight excluding hydrogens is 126 g/mol. The van der Waals surface area contributed by atoms with Crippen LogP contribution >= 0.6 is 0 Å². The lowest BCUT2D eigenvalue weighted by Gasteiger charge is -2.27. The van der Waals surface area contributed by atoms with Crippen LogP contribution in [-0.2, 0) is 7.05 Å². The van der Waals surface area contributed by atoms with E-state index in [-0.39, 0.29) is 0 Å². The first-order chi connectivity index (χ1) is 4.88. The van der Waals surface area contributed by atoms with Gasteiger partial charge in [0, 0.05) is 13.2 Å². The van der Waals surface area contributed by atoms with E-state index in [4.69, 9.17) is 0 Å². The van der Waals surface area contributed by atoms with Crippen molar-refractivity contribution in [1.29, 1.82) is 0 Å². The minimum Gasteiger partial charge on any atom is -0.336 e. The Kier molecular flexibility index (Phi) is 1.24. The third-order valence-electron chi connectivity index (χ3n) is 2.03. The Bertz CT molecular complexity index is 225. The van der Waals surface area contributed by atoms with Crippen LogP contribution in [0.15, 0.2) is 12.5 Å². The molecule has 0 aromatic carbocycles. The summed E-state index contributed by atoms with van der Waals surface area (Å²) in [6.07, 6.45) is 5.02. The first-order valence-electron chi connectivity index (χ1n) is 3.57. The van der Waals surface area contributed by atoms with Crippen molar-refractivity contribution >= 4 is 0 Å². The van der Waals surface area contributed by atoms with Gasteiger partial charge in [-0.15, -0.1) is 0 Å². The highest BCUT2D eigenvalue weighted by atomic mass is 15.1. The van der Waals surface area contributed by atoms with E-state index in [9.17, 15) is 0 Å². The molecule has 1 aliphatic heterocycles. The summed E-state index contributed by atoms with van der Waals surface area (Å²) in [6.45, 7) is 1.15. The summed E-state index contributed by atoms with van der Waals surface area (Å²) in [5.41, 5.74) is 1.30. The van der Waals surface area contributed by atoms with Crippen molar-refractivity contribution in [1.82, 2.24) is 14.9 Å². The highest BCUT2D eigenvalue weighted by molar-refractivity contribution is 5.07. The minimum atomic E-state index is 0.562. The second-order valence-electron chi connectivity index (χ2n) is 2.72. The minimum absolute atomic E-state index is 0.562. The first kappa shape index (κ1) is 5.92. The molecule has 3 heteroatoms. The van der Waals surface area contributed by atoms with Gasteiger partial charge in [0.15, 0.2) is 0 Å². The molecule has 2 rings (SSSR count). The second-order valence-corrected chi connectivity index (χ2v) is 2.72. The summed E-state index contributed by atoms with van der Waals surface area (Å²) in [7, 11) is 2.03. The fourth-order valence-corrected chi connectivity index (χ4v) is 1.24. The molecule has 1 fully saturated rings. The van der Waals surface area contributed by atoms with Crippen LogP contribution in [0.4, 0.5) is 0 Å². The lowest BCUT2D eigenvalue weighted by Crippen LogP contribution is -2.36. The summed E-state index contributed by atoms with van der Waals surface area (Å²) in [5, 5.41) is 3.33. The molecule has 0 saturated carbocycles. The topological polar surface area (TPSA) is 29.9 Å². The zero-order chi connectivity index (χ0) is 6.97. The number of nitrogens with one attached hydrogen (secondary N) is 1. The second kappa shape index (κ2) is 2.09. The normalized spacial score (nSPS) is 24.3. The van der Waals surface area contributed by atoms with Gasteiger partial charge in [-0.3, -0.25) is 0 Å². The molecule has 0 amide bonds. The van der Waals surface area contributed by atoms with E-state index in [1.54, 1.807) is 0 Å². The van der Waals surface area contributed by atoms with Gasteiger partial charge in [-0.2, -0.15) is 0 Å². The van der Waals surface area contributed by atoms with Gasteiger partial charge in [-0.05, 0) is 13.0 Å². The van der Waals surface area contributed by atoms with Gasteiger partial charge < -0.3 is 9.88 Å². The van der Waals surface area contributed by atoms with E-state index in [0.29, 0.717) is 6.04 Å². The standard InChI is InChI=1S/C7H11N3/c1-10-5-8-4-7(10)6-2-3-9-6/h4-6,9H,2-3H2,1H3. The number of nitrogens with zero attached hydrogens (tertiary/aromatic N) is 2. The van der Waals surface area contributed by atoms with Crippen LogP contribution in [0.2, 0.25) is 0 Å². The number of hydrogen-bond donors (Lipinski definition) is 1. The van der Waals surface area contributed by atoms with Crippen LogP contribution in [0.3, 0.4) is 0 Å². The molecule has 1 aromatic rings. The molecule has 0 radical (unpaired) electrons. The molecule has 2 heterocycles. The maximum atomic E-state index is 4.05. The molecule has 1 N–H and O–H groups in total. The molecule has 10 heavy (non-hydrogen) atoms.